The number of carboxylic acid groups (broad SMARTS) is 1. The highest BCUT2D eigenvalue weighted by Gasteiger charge is 2.41. The van der Waals surface area contributed by atoms with Crippen LogP contribution in [0, 0.1) is 12.3 Å². The van der Waals surface area contributed by atoms with E-state index in [1.54, 1.807) is 6.92 Å². The van der Waals surface area contributed by atoms with Crippen molar-refractivity contribution in [1.29, 1.82) is 0 Å². The summed E-state index contributed by atoms with van der Waals surface area (Å²) in [6.07, 6.45) is 3.75. The first-order chi connectivity index (χ1) is 14.2. The summed E-state index contributed by atoms with van der Waals surface area (Å²) in [5.74, 6) is -0.987. The fourth-order valence-corrected chi connectivity index (χ4v) is 4.12. The molecular weight excluding hydrogens is 386 g/mol. The molecule has 1 saturated heterocycles. The molecule has 0 bridgehead atoms. The van der Waals surface area contributed by atoms with E-state index < -0.39 is 11.6 Å². The van der Waals surface area contributed by atoms with Crippen LogP contribution in [-0.4, -0.2) is 35.9 Å². The van der Waals surface area contributed by atoms with Crippen LogP contribution in [0.25, 0.3) is 11.3 Å². The zero-order valence-electron chi connectivity index (χ0n) is 18.0. The van der Waals surface area contributed by atoms with E-state index in [0.717, 1.165) is 31.2 Å². The second-order valence-corrected chi connectivity index (χ2v) is 8.38. The number of aromatic nitrogens is 1. The number of nitrogens with zero attached hydrogens (tertiary/aromatic N) is 1. The number of esters is 1. The molecule has 1 aromatic heterocycles. The Kier molecular flexibility index (Phi) is 6.31. The molecule has 0 amide bonds. The number of aromatic carboxylic acids is 1. The van der Waals surface area contributed by atoms with Crippen LogP contribution in [0.3, 0.4) is 0 Å². The number of carbonyl (C=O) groups is 2. The summed E-state index contributed by atoms with van der Waals surface area (Å²) in [7, 11) is 1.41. The highest BCUT2D eigenvalue weighted by Crippen LogP contribution is 2.46. The van der Waals surface area contributed by atoms with Gasteiger partial charge in [-0.15, -0.1) is 0 Å². The van der Waals surface area contributed by atoms with E-state index in [4.69, 9.17) is 14.0 Å². The predicted molar refractivity (Wildman–Crippen MR) is 110 cm³/mol. The minimum Gasteiger partial charge on any atom is -0.477 e. The molecular formula is C23H29NO6. The third kappa shape index (κ3) is 4.26. The van der Waals surface area contributed by atoms with Gasteiger partial charge in [-0.05, 0) is 43.6 Å². The van der Waals surface area contributed by atoms with Crippen molar-refractivity contribution in [3.63, 3.8) is 0 Å². The van der Waals surface area contributed by atoms with Crippen molar-refractivity contribution in [3.05, 3.63) is 41.1 Å². The molecule has 1 aliphatic heterocycles. The Balaban J connectivity index is 1.77. The Labute approximate surface area is 176 Å². The number of benzene rings is 1. The molecule has 2 aromatic rings. The highest BCUT2D eigenvalue weighted by atomic mass is 16.5. The lowest BCUT2D eigenvalue weighted by Gasteiger charge is -2.45. The summed E-state index contributed by atoms with van der Waals surface area (Å²) in [5.41, 5.74) is 1.71. The lowest BCUT2D eigenvalue weighted by atomic mass is 9.73. The van der Waals surface area contributed by atoms with Gasteiger partial charge in [0.05, 0.1) is 25.0 Å². The molecule has 30 heavy (non-hydrogen) atoms. The van der Waals surface area contributed by atoms with Gasteiger partial charge >= 0.3 is 11.9 Å². The van der Waals surface area contributed by atoms with Crippen LogP contribution < -0.4 is 0 Å². The molecule has 0 saturated carbocycles. The minimum absolute atomic E-state index is 0.0550. The molecule has 0 radical (unpaired) electrons. The van der Waals surface area contributed by atoms with Crippen molar-refractivity contribution >= 4 is 11.9 Å². The second kappa shape index (κ2) is 8.60. The molecule has 7 nitrogen and oxygen atoms in total. The Bertz CT molecular complexity index is 906. The van der Waals surface area contributed by atoms with E-state index in [1.165, 1.54) is 7.11 Å². The van der Waals surface area contributed by atoms with Gasteiger partial charge in [0.15, 0.2) is 5.76 Å². The van der Waals surface area contributed by atoms with Gasteiger partial charge in [-0.25, -0.2) is 4.79 Å². The summed E-state index contributed by atoms with van der Waals surface area (Å²) in [5, 5.41) is 13.2. The van der Waals surface area contributed by atoms with Crippen molar-refractivity contribution in [3.8, 4) is 11.3 Å². The number of rotatable bonds is 7. The maximum Gasteiger partial charge on any atom is 0.341 e. The Morgan fingerprint density at radius 2 is 1.93 bits per heavy atom. The second-order valence-electron chi connectivity index (χ2n) is 8.38. The first-order valence-corrected chi connectivity index (χ1v) is 10.2. The van der Waals surface area contributed by atoms with Gasteiger partial charge in [0, 0.05) is 12.0 Å². The van der Waals surface area contributed by atoms with Crippen LogP contribution in [0.4, 0.5) is 0 Å². The van der Waals surface area contributed by atoms with Crippen molar-refractivity contribution in [2.24, 2.45) is 5.41 Å². The summed E-state index contributed by atoms with van der Waals surface area (Å²) < 4.78 is 16.4. The molecule has 2 unspecified atom stereocenters. The molecule has 7 heteroatoms. The van der Waals surface area contributed by atoms with Gasteiger partial charge in [0.1, 0.15) is 5.56 Å². The van der Waals surface area contributed by atoms with E-state index >= 15 is 0 Å². The molecule has 0 spiro atoms. The van der Waals surface area contributed by atoms with E-state index in [9.17, 15) is 14.7 Å². The van der Waals surface area contributed by atoms with Crippen LogP contribution in [0.5, 0.6) is 0 Å². The average Bonchev–Trinajstić information content (AvgIpc) is 3.15. The van der Waals surface area contributed by atoms with Crippen LogP contribution >= 0.6 is 0 Å². The zero-order valence-corrected chi connectivity index (χ0v) is 18.0. The first kappa shape index (κ1) is 22.0. The number of ether oxygens (including phenoxy) is 2. The Hall–Kier alpha value is -2.67. The number of hydrogen-bond acceptors (Lipinski definition) is 6. The molecule has 1 fully saturated rings. The highest BCUT2D eigenvalue weighted by molar-refractivity contribution is 5.95. The molecule has 1 aliphatic rings. The maximum atomic E-state index is 11.5. The summed E-state index contributed by atoms with van der Waals surface area (Å²) in [6.45, 7) is 6.44. The summed E-state index contributed by atoms with van der Waals surface area (Å²) in [4.78, 5) is 23.0. The average molecular weight is 415 g/mol. The van der Waals surface area contributed by atoms with Crippen LogP contribution in [0.15, 0.2) is 28.8 Å². The summed E-state index contributed by atoms with van der Waals surface area (Å²) in [6, 6.07) is 7.65. The van der Waals surface area contributed by atoms with Gasteiger partial charge < -0.3 is 19.1 Å². The first-order valence-electron chi connectivity index (χ1n) is 10.2. The number of carbonyl (C=O) groups excluding carboxylic acids is 1. The van der Waals surface area contributed by atoms with Gasteiger partial charge in [-0.1, -0.05) is 43.3 Å². The van der Waals surface area contributed by atoms with Gasteiger partial charge in [-0.3, -0.25) is 4.79 Å². The van der Waals surface area contributed by atoms with Crippen molar-refractivity contribution in [2.75, 3.05) is 13.7 Å². The SMILES string of the molecule is CCC1(c2ccc(-c3onc(C)c3C(=O)O)cc2)CCC(C)(CCC(=O)OC)CO1. The van der Waals surface area contributed by atoms with Gasteiger partial charge in [0.25, 0.3) is 0 Å². The third-order valence-electron chi connectivity index (χ3n) is 6.31. The summed E-state index contributed by atoms with van der Waals surface area (Å²) >= 11 is 0. The minimum atomic E-state index is -1.06. The molecule has 0 aliphatic carbocycles. The Morgan fingerprint density at radius 1 is 1.23 bits per heavy atom. The number of aryl methyl sites for hydroxylation is 1. The molecule has 2 heterocycles. The normalized spacial score (nSPS) is 23.9. The molecule has 1 aromatic carbocycles. The van der Waals surface area contributed by atoms with Crippen LogP contribution in [-0.2, 0) is 19.9 Å². The lowest BCUT2D eigenvalue weighted by Crippen LogP contribution is -2.41. The Morgan fingerprint density at radius 3 is 2.47 bits per heavy atom. The molecule has 162 valence electrons. The molecule has 3 rings (SSSR count). The van der Waals surface area contributed by atoms with Crippen molar-refractivity contribution < 1.29 is 28.7 Å². The van der Waals surface area contributed by atoms with E-state index in [0.29, 0.717) is 24.3 Å². The van der Waals surface area contributed by atoms with Crippen molar-refractivity contribution in [2.45, 2.75) is 58.5 Å². The fraction of sp³-hybridized carbons (Fsp3) is 0.522. The van der Waals surface area contributed by atoms with Crippen LogP contribution in [0.2, 0.25) is 0 Å². The molecule has 2 atom stereocenters. The maximum absolute atomic E-state index is 11.5. The van der Waals surface area contributed by atoms with E-state index in [-0.39, 0.29) is 22.7 Å². The van der Waals surface area contributed by atoms with Crippen LogP contribution in [0.1, 0.15) is 67.6 Å². The standard InChI is InChI=1S/C23H29NO6/c1-5-23(13-12-22(3,14-29-23)11-10-18(25)28-4)17-8-6-16(7-9-17)20-19(21(26)27)15(2)24-30-20/h6-9H,5,10-14H2,1-4H3,(H,26,27). The van der Waals surface area contributed by atoms with E-state index in [1.807, 2.05) is 24.3 Å². The largest absolute Gasteiger partial charge is 0.477 e. The number of methoxy groups -OCH3 is 1. The monoisotopic (exact) mass is 415 g/mol. The quantitative estimate of drug-likeness (QED) is 0.653. The van der Waals surface area contributed by atoms with Gasteiger partial charge in [0.2, 0.25) is 0 Å². The van der Waals surface area contributed by atoms with Gasteiger partial charge in [-0.2, -0.15) is 0 Å². The van der Waals surface area contributed by atoms with Crippen molar-refractivity contribution in [1.82, 2.24) is 5.16 Å². The smallest absolute Gasteiger partial charge is 0.341 e. The third-order valence-corrected chi connectivity index (χ3v) is 6.31. The fourth-order valence-electron chi connectivity index (χ4n) is 4.12. The predicted octanol–water partition coefficient (Wildman–Crippen LogP) is 4.72. The van der Waals surface area contributed by atoms with E-state index in [2.05, 4.69) is 19.0 Å². The lowest BCUT2D eigenvalue weighted by molar-refractivity contribution is -0.148. The number of carboxylic acids is 1. The molecule has 1 N–H and O–H groups in total. The number of hydrogen-bond donors (Lipinski definition) is 1. The topological polar surface area (TPSA) is 98.9 Å². The zero-order chi connectivity index (χ0) is 21.9.